The van der Waals surface area contributed by atoms with Crippen molar-refractivity contribution in [3.8, 4) is 5.75 Å². The summed E-state index contributed by atoms with van der Waals surface area (Å²) in [6.45, 7) is 2.25. The van der Waals surface area contributed by atoms with Gasteiger partial charge in [-0.1, -0.05) is 38.3 Å². The third-order valence-corrected chi connectivity index (χ3v) is 5.26. The number of hydrogen-bond acceptors (Lipinski definition) is 1. The van der Waals surface area contributed by atoms with Crippen molar-refractivity contribution in [1.82, 2.24) is 0 Å². The van der Waals surface area contributed by atoms with Crippen molar-refractivity contribution in [2.45, 2.75) is 69.1 Å². The maximum absolute atomic E-state index is 6.79. The molecule has 20 heavy (non-hydrogen) atoms. The second kappa shape index (κ2) is 7.36. The monoisotopic (exact) mass is 294 g/mol. The quantitative estimate of drug-likeness (QED) is 0.468. The molecule has 0 aromatic heterocycles. The number of halogens is 1. The minimum absolute atomic E-state index is 0.0815. The number of ether oxygens (including phenoxy) is 1. The zero-order chi connectivity index (χ0) is 14.4. The third-order valence-electron chi connectivity index (χ3n) is 4.70. The molecule has 0 heterocycles. The molecular weight excluding hydrogens is 268 g/mol. The Kier molecular flexibility index (Phi) is 5.77. The molecule has 0 radical (unpaired) electrons. The topological polar surface area (TPSA) is 9.23 Å². The molecule has 1 saturated carbocycles. The van der Waals surface area contributed by atoms with Gasteiger partial charge in [0.05, 0.1) is 7.11 Å². The number of hydrogen-bond donors (Lipinski definition) is 0. The molecule has 0 atom stereocenters. The van der Waals surface area contributed by atoms with Gasteiger partial charge < -0.3 is 4.74 Å². The first kappa shape index (κ1) is 15.7. The standard InChI is InChI=1S/C18H27ClO/c1-3-4-5-12-18(19)13-10-16(11-14-18)15-6-8-17(20-2)9-7-15/h6-9,16H,3-5,10-14H2,1-2H3. The van der Waals surface area contributed by atoms with Crippen LogP contribution in [0, 0.1) is 0 Å². The molecule has 1 nitrogen and oxygen atoms in total. The third kappa shape index (κ3) is 4.15. The summed E-state index contributed by atoms with van der Waals surface area (Å²) in [6, 6.07) is 8.56. The molecule has 2 heteroatoms. The summed E-state index contributed by atoms with van der Waals surface area (Å²) < 4.78 is 5.22. The Morgan fingerprint density at radius 2 is 1.80 bits per heavy atom. The van der Waals surface area contributed by atoms with Crippen LogP contribution in [-0.2, 0) is 0 Å². The molecule has 0 spiro atoms. The van der Waals surface area contributed by atoms with Gasteiger partial charge >= 0.3 is 0 Å². The van der Waals surface area contributed by atoms with Crippen LogP contribution in [-0.4, -0.2) is 12.0 Å². The van der Waals surface area contributed by atoms with Gasteiger partial charge in [-0.3, -0.25) is 0 Å². The van der Waals surface area contributed by atoms with Crippen molar-refractivity contribution >= 4 is 11.6 Å². The zero-order valence-electron chi connectivity index (χ0n) is 12.8. The first-order valence-electron chi connectivity index (χ1n) is 8.00. The highest BCUT2D eigenvalue weighted by atomic mass is 35.5. The highest BCUT2D eigenvalue weighted by Crippen LogP contribution is 2.44. The maximum atomic E-state index is 6.79. The van der Waals surface area contributed by atoms with Crippen LogP contribution < -0.4 is 4.74 Å². The van der Waals surface area contributed by atoms with E-state index in [1.54, 1.807) is 7.11 Å². The highest BCUT2D eigenvalue weighted by Gasteiger charge is 2.33. The van der Waals surface area contributed by atoms with Gasteiger partial charge in [-0.2, -0.15) is 0 Å². The molecule has 0 N–H and O–H groups in total. The molecule has 2 rings (SSSR count). The fourth-order valence-corrected chi connectivity index (χ4v) is 3.64. The van der Waals surface area contributed by atoms with Gasteiger partial charge in [-0.25, -0.2) is 0 Å². The van der Waals surface area contributed by atoms with Crippen LogP contribution in [0.1, 0.15) is 69.8 Å². The Bertz CT molecular complexity index is 390. The van der Waals surface area contributed by atoms with Crippen LogP contribution in [0.15, 0.2) is 24.3 Å². The minimum atomic E-state index is 0.0815. The Balaban J connectivity index is 1.86. The van der Waals surface area contributed by atoms with Gasteiger partial charge in [0.2, 0.25) is 0 Å². The summed E-state index contributed by atoms with van der Waals surface area (Å²) >= 11 is 6.79. The summed E-state index contributed by atoms with van der Waals surface area (Å²) in [5.41, 5.74) is 1.44. The van der Waals surface area contributed by atoms with E-state index < -0.39 is 0 Å². The SMILES string of the molecule is CCCCCC1(Cl)CCC(c2ccc(OC)cc2)CC1. The van der Waals surface area contributed by atoms with E-state index in [-0.39, 0.29) is 4.87 Å². The van der Waals surface area contributed by atoms with E-state index >= 15 is 0 Å². The molecular formula is C18H27ClO. The van der Waals surface area contributed by atoms with Gasteiger partial charge in [0.25, 0.3) is 0 Å². The normalized spacial score (nSPS) is 26.4. The van der Waals surface area contributed by atoms with Crippen molar-refractivity contribution in [2.75, 3.05) is 7.11 Å². The molecule has 0 bridgehead atoms. The van der Waals surface area contributed by atoms with Gasteiger partial charge in [0.15, 0.2) is 0 Å². The number of rotatable bonds is 6. The van der Waals surface area contributed by atoms with Gasteiger partial charge in [-0.15, -0.1) is 11.6 Å². The zero-order valence-corrected chi connectivity index (χ0v) is 13.6. The average Bonchev–Trinajstić information content (AvgIpc) is 2.48. The van der Waals surface area contributed by atoms with Crippen molar-refractivity contribution in [3.63, 3.8) is 0 Å². The van der Waals surface area contributed by atoms with E-state index in [0.29, 0.717) is 5.92 Å². The van der Waals surface area contributed by atoms with E-state index in [4.69, 9.17) is 16.3 Å². The first-order valence-corrected chi connectivity index (χ1v) is 8.37. The Hall–Kier alpha value is -0.690. The molecule has 0 saturated heterocycles. The average molecular weight is 295 g/mol. The van der Waals surface area contributed by atoms with Crippen molar-refractivity contribution < 1.29 is 4.74 Å². The first-order chi connectivity index (χ1) is 9.67. The summed E-state index contributed by atoms with van der Waals surface area (Å²) in [4.78, 5) is 0.0815. The minimum Gasteiger partial charge on any atom is -0.497 e. The molecule has 112 valence electrons. The lowest BCUT2D eigenvalue weighted by Gasteiger charge is -2.35. The Morgan fingerprint density at radius 3 is 2.35 bits per heavy atom. The molecule has 0 aliphatic heterocycles. The Labute approximate surface area is 128 Å². The number of methoxy groups -OCH3 is 1. The molecule has 0 unspecified atom stereocenters. The van der Waals surface area contributed by atoms with E-state index in [1.165, 1.54) is 44.1 Å². The summed E-state index contributed by atoms with van der Waals surface area (Å²) in [5, 5.41) is 0. The van der Waals surface area contributed by atoms with Crippen molar-refractivity contribution in [3.05, 3.63) is 29.8 Å². The fraction of sp³-hybridized carbons (Fsp3) is 0.667. The molecule has 1 aliphatic carbocycles. The fourth-order valence-electron chi connectivity index (χ4n) is 3.29. The lowest BCUT2D eigenvalue weighted by Crippen LogP contribution is -2.27. The molecule has 1 aromatic carbocycles. The predicted octanol–water partition coefficient (Wildman–Crippen LogP) is 5.91. The van der Waals surface area contributed by atoms with E-state index in [0.717, 1.165) is 18.6 Å². The van der Waals surface area contributed by atoms with E-state index in [1.807, 2.05) is 0 Å². The smallest absolute Gasteiger partial charge is 0.118 e. The maximum Gasteiger partial charge on any atom is 0.118 e. The number of unbranched alkanes of at least 4 members (excludes halogenated alkanes) is 2. The molecule has 1 aromatic rings. The summed E-state index contributed by atoms with van der Waals surface area (Å²) in [7, 11) is 1.72. The molecule has 1 aliphatic rings. The van der Waals surface area contributed by atoms with Crippen LogP contribution in [0.25, 0.3) is 0 Å². The number of alkyl halides is 1. The highest BCUT2D eigenvalue weighted by molar-refractivity contribution is 6.23. The van der Waals surface area contributed by atoms with Crippen LogP contribution in [0.2, 0.25) is 0 Å². The predicted molar refractivity (Wildman–Crippen MR) is 86.9 cm³/mol. The second-order valence-electron chi connectivity index (χ2n) is 6.16. The lowest BCUT2D eigenvalue weighted by atomic mass is 9.76. The molecule has 1 fully saturated rings. The molecule has 0 amide bonds. The van der Waals surface area contributed by atoms with Crippen LogP contribution >= 0.6 is 11.6 Å². The number of benzene rings is 1. The van der Waals surface area contributed by atoms with Crippen molar-refractivity contribution in [1.29, 1.82) is 0 Å². The second-order valence-corrected chi connectivity index (χ2v) is 6.96. The van der Waals surface area contributed by atoms with Gasteiger partial charge in [0.1, 0.15) is 5.75 Å². The van der Waals surface area contributed by atoms with Crippen LogP contribution in [0.3, 0.4) is 0 Å². The summed E-state index contributed by atoms with van der Waals surface area (Å²) in [6.07, 6.45) is 9.84. The van der Waals surface area contributed by atoms with Crippen LogP contribution in [0.5, 0.6) is 5.75 Å². The van der Waals surface area contributed by atoms with Crippen LogP contribution in [0.4, 0.5) is 0 Å². The lowest BCUT2D eigenvalue weighted by molar-refractivity contribution is 0.329. The Morgan fingerprint density at radius 1 is 1.15 bits per heavy atom. The van der Waals surface area contributed by atoms with E-state index in [2.05, 4.69) is 31.2 Å². The largest absolute Gasteiger partial charge is 0.497 e. The summed E-state index contributed by atoms with van der Waals surface area (Å²) in [5.74, 6) is 1.62. The van der Waals surface area contributed by atoms with Gasteiger partial charge in [0, 0.05) is 4.87 Å². The van der Waals surface area contributed by atoms with E-state index in [9.17, 15) is 0 Å². The van der Waals surface area contributed by atoms with Crippen molar-refractivity contribution in [2.24, 2.45) is 0 Å². The van der Waals surface area contributed by atoms with Gasteiger partial charge in [-0.05, 0) is 55.7 Å².